The van der Waals surface area contributed by atoms with Gasteiger partial charge in [-0.3, -0.25) is 4.79 Å². The molecule has 1 amide bonds. The Bertz CT molecular complexity index is 683. The summed E-state index contributed by atoms with van der Waals surface area (Å²) >= 11 is 0. The van der Waals surface area contributed by atoms with Gasteiger partial charge < -0.3 is 19.9 Å². The van der Waals surface area contributed by atoms with Gasteiger partial charge in [-0.2, -0.15) is 0 Å². The van der Waals surface area contributed by atoms with Gasteiger partial charge >= 0.3 is 0 Å². The molecule has 0 radical (unpaired) electrons. The highest BCUT2D eigenvalue weighted by Crippen LogP contribution is 2.36. The van der Waals surface area contributed by atoms with Crippen LogP contribution in [0.4, 0.5) is 0 Å². The lowest BCUT2D eigenvalue weighted by atomic mass is 10.1. The van der Waals surface area contributed by atoms with Crippen molar-refractivity contribution in [3.63, 3.8) is 0 Å². The third kappa shape index (κ3) is 2.40. The van der Waals surface area contributed by atoms with Crippen molar-refractivity contribution in [2.45, 2.75) is 13.2 Å². The maximum absolute atomic E-state index is 11.5. The van der Waals surface area contributed by atoms with Crippen molar-refractivity contribution in [3.05, 3.63) is 23.9 Å². The number of carbonyl (C=O) groups excluding carboxylic acids is 1. The molecule has 0 saturated carbocycles. The number of nitrogens with zero attached hydrogens (tertiary/aromatic N) is 3. The van der Waals surface area contributed by atoms with E-state index in [2.05, 4.69) is 15.6 Å². The van der Waals surface area contributed by atoms with Crippen molar-refractivity contribution >= 4 is 5.91 Å². The molecule has 1 aromatic carbocycles. The maximum atomic E-state index is 11.5. The number of hydrogen-bond donors (Lipinski definition) is 2. The second kappa shape index (κ2) is 5.41. The summed E-state index contributed by atoms with van der Waals surface area (Å²) in [6.45, 7) is -0.0633. The van der Waals surface area contributed by atoms with E-state index in [-0.39, 0.29) is 25.9 Å². The number of amides is 1. The van der Waals surface area contributed by atoms with E-state index >= 15 is 0 Å². The fraction of sp³-hybridized carbons (Fsp3) is 0.308. The van der Waals surface area contributed by atoms with E-state index < -0.39 is 0 Å². The molecular formula is C13H14N4O4. The van der Waals surface area contributed by atoms with Crippen LogP contribution >= 0.6 is 0 Å². The Balaban J connectivity index is 2.03. The topological polar surface area (TPSA) is 98.5 Å². The third-order valence-corrected chi connectivity index (χ3v) is 3.17. The highest BCUT2D eigenvalue weighted by atomic mass is 16.7. The molecule has 1 aliphatic heterocycles. The molecule has 8 heteroatoms. The summed E-state index contributed by atoms with van der Waals surface area (Å²) in [6.07, 6.45) is 0. The van der Waals surface area contributed by atoms with Crippen molar-refractivity contribution in [3.8, 4) is 22.8 Å². The fourth-order valence-corrected chi connectivity index (χ4v) is 2.14. The summed E-state index contributed by atoms with van der Waals surface area (Å²) in [4.78, 5) is 11.5. The Labute approximate surface area is 120 Å². The van der Waals surface area contributed by atoms with Crippen LogP contribution in [0.3, 0.4) is 0 Å². The summed E-state index contributed by atoms with van der Waals surface area (Å²) < 4.78 is 12.1. The molecule has 0 saturated heterocycles. The van der Waals surface area contributed by atoms with Gasteiger partial charge in [-0.05, 0) is 18.2 Å². The number of carbonyl (C=O) groups is 1. The molecular weight excluding hydrogens is 276 g/mol. The molecule has 0 spiro atoms. The standard InChI is InChI=1S/C13H14N4O4/c1-14-12(19)5-17-13(9(6-18)15-16-17)8-2-3-10-11(4-8)21-7-20-10/h2-4,18H,5-7H2,1H3,(H,14,19). The molecule has 0 unspecified atom stereocenters. The molecule has 0 atom stereocenters. The zero-order valence-corrected chi connectivity index (χ0v) is 11.4. The zero-order valence-electron chi connectivity index (χ0n) is 11.4. The number of aliphatic hydroxyl groups excluding tert-OH is 1. The molecule has 0 fully saturated rings. The van der Waals surface area contributed by atoms with Crippen LogP contribution in [0.1, 0.15) is 5.69 Å². The van der Waals surface area contributed by atoms with Gasteiger partial charge in [0, 0.05) is 12.6 Å². The number of fused-ring (bicyclic) bond motifs is 1. The van der Waals surface area contributed by atoms with Crippen molar-refractivity contribution in [1.29, 1.82) is 0 Å². The number of hydrogen-bond acceptors (Lipinski definition) is 6. The first-order chi connectivity index (χ1) is 10.2. The number of aliphatic hydroxyl groups is 1. The van der Waals surface area contributed by atoms with Gasteiger partial charge in [-0.1, -0.05) is 5.21 Å². The Kier molecular flexibility index (Phi) is 3.44. The van der Waals surface area contributed by atoms with Gasteiger partial charge in [0.2, 0.25) is 12.7 Å². The minimum Gasteiger partial charge on any atom is -0.454 e. The first kappa shape index (κ1) is 13.4. The molecule has 0 aliphatic carbocycles. The number of likely N-dealkylation sites (N-methyl/N-ethyl adjacent to an activating group) is 1. The van der Waals surface area contributed by atoms with E-state index in [1.807, 2.05) is 6.07 Å². The van der Waals surface area contributed by atoms with Gasteiger partial charge in [0.1, 0.15) is 12.2 Å². The Morgan fingerprint density at radius 2 is 2.24 bits per heavy atom. The lowest BCUT2D eigenvalue weighted by Gasteiger charge is -2.08. The van der Waals surface area contributed by atoms with Crippen LogP contribution in [0, 0.1) is 0 Å². The third-order valence-electron chi connectivity index (χ3n) is 3.17. The summed E-state index contributed by atoms with van der Waals surface area (Å²) in [6, 6.07) is 5.36. The largest absolute Gasteiger partial charge is 0.454 e. The number of nitrogens with one attached hydrogen (secondary N) is 1. The molecule has 2 heterocycles. The van der Waals surface area contributed by atoms with Gasteiger partial charge in [-0.15, -0.1) is 5.10 Å². The Hall–Kier alpha value is -2.61. The van der Waals surface area contributed by atoms with Gasteiger partial charge in [0.25, 0.3) is 0 Å². The van der Waals surface area contributed by atoms with Gasteiger partial charge in [0.05, 0.1) is 12.3 Å². The van der Waals surface area contributed by atoms with Crippen LogP contribution in [0.25, 0.3) is 11.3 Å². The molecule has 1 aliphatic rings. The summed E-state index contributed by atoms with van der Waals surface area (Å²) in [5.74, 6) is 1.07. The monoisotopic (exact) mass is 290 g/mol. The Morgan fingerprint density at radius 3 is 3.00 bits per heavy atom. The molecule has 3 rings (SSSR count). The zero-order chi connectivity index (χ0) is 14.8. The summed E-state index contributed by atoms with van der Waals surface area (Å²) in [5, 5.41) is 19.8. The molecule has 2 N–H and O–H groups in total. The van der Waals surface area contributed by atoms with E-state index in [9.17, 15) is 9.90 Å². The van der Waals surface area contributed by atoms with Crippen LogP contribution in [-0.4, -0.2) is 39.8 Å². The molecule has 1 aromatic heterocycles. The number of aromatic nitrogens is 3. The first-order valence-corrected chi connectivity index (χ1v) is 6.36. The lowest BCUT2D eigenvalue weighted by molar-refractivity contribution is -0.121. The highest BCUT2D eigenvalue weighted by molar-refractivity contribution is 5.76. The van der Waals surface area contributed by atoms with E-state index in [0.29, 0.717) is 22.9 Å². The van der Waals surface area contributed by atoms with Crippen molar-refractivity contribution in [2.24, 2.45) is 0 Å². The van der Waals surface area contributed by atoms with E-state index in [1.54, 1.807) is 19.2 Å². The van der Waals surface area contributed by atoms with Gasteiger partial charge in [0.15, 0.2) is 11.5 Å². The summed E-state index contributed by atoms with van der Waals surface area (Å²) in [5.41, 5.74) is 1.73. The van der Waals surface area contributed by atoms with Crippen LogP contribution in [0.2, 0.25) is 0 Å². The average Bonchev–Trinajstić information content (AvgIpc) is 3.12. The van der Waals surface area contributed by atoms with Crippen LogP contribution in [0.5, 0.6) is 11.5 Å². The smallest absolute Gasteiger partial charge is 0.241 e. The minimum atomic E-state index is -0.266. The van der Waals surface area contributed by atoms with Crippen molar-refractivity contribution < 1.29 is 19.4 Å². The lowest BCUT2D eigenvalue weighted by Crippen LogP contribution is -2.24. The Morgan fingerprint density at radius 1 is 1.43 bits per heavy atom. The predicted molar refractivity (Wildman–Crippen MR) is 71.6 cm³/mol. The van der Waals surface area contributed by atoms with Crippen LogP contribution in [-0.2, 0) is 17.9 Å². The highest BCUT2D eigenvalue weighted by Gasteiger charge is 2.20. The van der Waals surface area contributed by atoms with Crippen molar-refractivity contribution in [2.75, 3.05) is 13.8 Å². The van der Waals surface area contributed by atoms with E-state index in [0.717, 1.165) is 5.56 Å². The molecule has 0 bridgehead atoms. The SMILES string of the molecule is CNC(=O)Cn1nnc(CO)c1-c1ccc2c(c1)OCO2. The van der Waals surface area contributed by atoms with E-state index in [1.165, 1.54) is 4.68 Å². The second-order valence-electron chi connectivity index (χ2n) is 4.44. The number of benzene rings is 1. The second-order valence-corrected chi connectivity index (χ2v) is 4.44. The van der Waals surface area contributed by atoms with Crippen LogP contribution < -0.4 is 14.8 Å². The molecule has 2 aromatic rings. The quantitative estimate of drug-likeness (QED) is 0.816. The van der Waals surface area contributed by atoms with Crippen molar-refractivity contribution in [1.82, 2.24) is 20.3 Å². The van der Waals surface area contributed by atoms with Gasteiger partial charge in [-0.25, -0.2) is 4.68 Å². The summed E-state index contributed by atoms with van der Waals surface area (Å²) in [7, 11) is 1.55. The fourth-order valence-electron chi connectivity index (χ4n) is 2.14. The predicted octanol–water partition coefficient (Wildman–Crippen LogP) is -0.0879. The molecule has 8 nitrogen and oxygen atoms in total. The molecule has 21 heavy (non-hydrogen) atoms. The average molecular weight is 290 g/mol. The maximum Gasteiger partial charge on any atom is 0.241 e. The molecule has 110 valence electrons. The van der Waals surface area contributed by atoms with E-state index in [4.69, 9.17) is 9.47 Å². The first-order valence-electron chi connectivity index (χ1n) is 6.36. The number of ether oxygens (including phenoxy) is 2. The number of rotatable bonds is 4. The minimum absolute atomic E-state index is 0.0211. The van der Waals surface area contributed by atoms with Crippen LogP contribution in [0.15, 0.2) is 18.2 Å². The normalized spacial score (nSPS) is 12.5.